The molecule has 2 rings (SSSR count). The van der Waals surface area contributed by atoms with Gasteiger partial charge in [0, 0.05) is 0 Å². The maximum Gasteiger partial charge on any atom is 0.240 e. The van der Waals surface area contributed by atoms with Crippen molar-refractivity contribution >= 4 is 5.78 Å². The standard InChI is InChI=1S/C10H8N2O3/c13-7-4-2-1-3-6(7)9(14)8-10(15)12-5-11-8/h1-5,13,15H,(H,11,12). The van der Waals surface area contributed by atoms with Crippen LogP contribution in [0.5, 0.6) is 11.6 Å². The number of carbonyl (C=O) groups is 1. The second-order valence-electron chi connectivity index (χ2n) is 2.95. The largest absolute Gasteiger partial charge is 0.507 e. The van der Waals surface area contributed by atoms with E-state index in [1.807, 2.05) is 0 Å². The highest BCUT2D eigenvalue weighted by Crippen LogP contribution is 2.22. The molecule has 5 heteroatoms. The lowest BCUT2D eigenvalue weighted by molar-refractivity contribution is 0.102. The van der Waals surface area contributed by atoms with Crippen molar-refractivity contribution in [2.75, 3.05) is 0 Å². The molecule has 0 saturated carbocycles. The number of phenols is 1. The summed E-state index contributed by atoms with van der Waals surface area (Å²) >= 11 is 0. The molecule has 0 spiro atoms. The fourth-order valence-corrected chi connectivity index (χ4v) is 1.25. The summed E-state index contributed by atoms with van der Waals surface area (Å²) in [6.45, 7) is 0. The number of aromatic hydroxyl groups is 2. The third-order valence-electron chi connectivity index (χ3n) is 2.00. The van der Waals surface area contributed by atoms with E-state index in [-0.39, 0.29) is 22.9 Å². The molecule has 0 unspecified atom stereocenters. The lowest BCUT2D eigenvalue weighted by Gasteiger charge is -2.01. The average Bonchev–Trinajstić information content (AvgIpc) is 2.64. The Bertz CT molecular complexity index is 505. The molecule has 1 heterocycles. The highest BCUT2D eigenvalue weighted by molar-refractivity contribution is 6.10. The molecule has 0 amide bonds. The predicted octanol–water partition coefficient (Wildman–Crippen LogP) is 1.05. The molecule has 0 aliphatic rings. The zero-order chi connectivity index (χ0) is 10.8. The first-order valence-corrected chi connectivity index (χ1v) is 4.25. The molecule has 3 N–H and O–H groups in total. The van der Waals surface area contributed by atoms with Crippen molar-refractivity contribution in [2.24, 2.45) is 0 Å². The van der Waals surface area contributed by atoms with Crippen LogP contribution in [-0.4, -0.2) is 26.0 Å². The number of aromatic amines is 1. The van der Waals surface area contributed by atoms with Crippen molar-refractivity contribution in [1.29, 1.82) is 0 Å². The van der Waals surface area contributed by atoms with E-state index in [1.54, 1.807) is 12.1 Å². The van der Waals surface area contributed by atoms with E-state index in [1.165, 1.54) is 18.5 Å². The van der Waals surface area contributed by atoms with Gasteiger partial charge in [-0.05, 0) is 12.1 Å². The van der Waals surface area contributed by atoms with Gasteiger partial charge in [0.05, 0.1) is 11.9 Å². The number of hydrogen-bond acceptors (Lipinski definition) is 4. The number of nitrogens with one attached hydrogen (secondary N) is 1. The summed E-state index contributed by atoms with van der Waals surface area (Å²) in [5.74, 6) is -0.997. The summed E-state index contributed by atoms with van der Waals surface area (Å²) in [4.78, 5) is 17.8. The summed E-state index contributed by atoms with van der Waals surface area (Å²) in [6.07, 6.45) is 1.21. The Kier molecular flexibility index (Phi) is 2.13. The quantitative estimate of drug-likeness (QED) is 0.638. The Balaban J connectivity index is 2.46. The van der Waals surface area contributed by atoms with Crippen molar-refractivity contribution in [3.8, 4) is 11.6 Å². The number of hydrogen-bond donors (Lipinski definition) is 3. The van der Waals surface area contributed by atoms with Crippen LogP contribution in [0.4, 0.5) is 0 Å². The van der Waals surface area contributed by atoms with Crippen molar-refractivity contribution < 1.29 is 15.0 Å². The maximum absolute atomic E-state index is 11.8. The number of carbonyl (C=O) groups excluding carboxylic acids is 1. The van der Waals surface area contributed by atoms with Crippen molar-refractivity contribution in [3.63, 3.8) is 0 Å². The maximum atomic E-state index is 11.8. The lowest BCUT2D eigenvalue weighted by atomic mass is 10.1. The number of phenolic OH excluding ortho intramolecular Hbond substituents is 1. The zero-order valence-corrected chi connectivity index (χ0v) is 7.64. The highest BCUT2D eigenvalue weighted by Gasteiger charge is 2.18. The van der Waals surface area contributed by atoms with Crippen molar-refractivity contribution in [2.45, 2.75) is 0 Å². The van der Waals surface area contributed by atoms with Gasteiger partial charge >= 0.3 is 0 Å². The number of nitrogens with zero attached hydrogens (tertiary/aromatic N) is 1. The van der Waals surface area contributed by atoms with Gasteiger partial charge < -0.3 is 15.2 Å². The number of rotatable bonds is 2. The Labute approximate surface area is 85.0 Å². The van der Waals surface area contributed by atoms with Gasteiger partial charge in [-0.15, -0.1) is 0 Å². The molecule has 0 bridgehead atoms. The fourth-order valence-electron chi connectivity index (χ4n) is 1.25. The third kappa shape index (κ3) is 1.54. The molecule has 0 radical (unpaired) electrons. The summed E-state index contributed by atoms with van der Waals surface area (Å²) in [5.41, 5.74) is 0.0913. The third-order valence-corrected chi connectivity index (χ3v) is 2.00. The van der Waals surface area contributed by atoms with E-state index in [9.17, 15) is 15.0 Å². The smallest absolute Gasteiger partial charge is 0.240 e. The van der Waals surface area contributed by atoms with Gasteiger partial charge in [-0.2, -0.15) is 0 Å². The van der Waals surface area contributed by atoms with Crippen LogP contribution in [0.2, 0.25) is 0 Å². The molecule has 0 saturated heterocycles. The van der Waals surface area contributed by atoms with E-state index in [2.05, 4.69) is 9.97 Å². The van der Waals surface area contributed by atoms with Gasteiger partial charge in [-0.1, -0.05) is 12.1 Å². The number of para-hydroxylation sites is 1. The number of imidazole rings is 1. The molecular formula is C10H8N2O3. The van der Waals surface area contributed by atoms with Gasteiger partial charge in [-0.3, -0.25) is 4.79 Å². The molecule has 76 valence electrons. The summed E-state index contributed by atoms with van der Waals surface area (Å²) in [6, 6.07) is 6.11. The molecule has 15 heavy (non-hydrogen) atoms. The Morgan fingerprint density at radius 1 is 1.27 bits per heavy atom. The first kappa shape index (κ1) is 9.26. The normalized spacial score (nSPS) is 10.1. The van der Waals surface area contributed by atoms with Crippen LogP contribution in [0.3, 0.4) is 0 Å². The molecule has 2 aromatic rings. The van der Waals surface area contributed by atoms with Gasteiger partial charge in [-0.25, -0.2) is 4.98 Å². The van der Waals surface area contributed by atoms with E-state index in [4.69, 9.17) is 0 Å². The van der Waals surface area contributed by atoms with Crippen molar-refractivity contribution in [1.82, 2.24) is 9.97 Å². The molecule has 0 aliphatic heterocycles. The van der Waals surface area contributed by atoms with Gasteiger partial charge in [0.1, 0.15) is 5.75 Å². The van der Waals surface area contributed by atoms with Crippen LogP contribution in [0.15, 0.2) is 30.6 Å². The monoisotopic (exact) mass is 204 g/mol. The summed E-state index contributed by atoms with van der Waals surface area (Å²) in [5, 5.41) is 18.7. The van der Waals surface area contributed by atoms with E-state index < -0.39 is 5.78 Å². The van der Waals surface area contributed by atoms with E-state index in [0.717, 1.165) is 0 Å². The SMILES string of the molecule is O=C(c1ccccc1O)c1[nH]cnc1O. The Morgan fingerprint density at radius 3 is 2.60 bits per heavy atom. The molecule has 0 atom stereocenters. The lowest BCUT2D eigenvalue weighted by Crippen LogP contribution is -2.02. The Morgan fingerprint density at radius 2 is 2.00 bits per heavy atom. The zero-order valence-electron chi connectivity index (χ0n) is 7.64. The first-order chi connectivity index (χ1) is 7.20. The molecule has 1 aromatic heterocycles. The predicted molar refractivity (Wildman–Crippen MR) is 51.8 cm³/mol. The second-order valence-corrected chi connectivity index (χ2v) is 2.95. The minimum atomic E-state index is -0.497. The van der Waals surface area contributed by atoms with Crippen LogP contribution in [0.1, 0.15) is 16.1 Å². The van der Waals surface area contributed by atoms with Crippen LogP contribution in [0, 0.1) is 0 Å². The van der Waals surface area contributed by atoms with Gasteiger partial charge in [0.15, 0.2) is 5.69 Å². The summed E-state index contributed by atoms with van der Waals surface area (Å²) in [7, 11) is 0. The van der Waals surface area contributed by atoms with E-state index in [0.29, 0.717) is 0 Å². The molecular weight excluding hydrogens is 196 g/mol. The highest BCUT2D eigenvalue weighted by atomic mass is 16.3. The van der Waals surface area contributed by atoms with Gasteiger partial charge in [0.25, 0.3) is 0 Å². The Hall–Kier alpha value is -2.30. The second kappa shape index (κ2) is 3.45. The number of H-pyrrole nitrogens is 1. The van der Waals surface area contributed by atoms with E-state index >= 15 is 0 Å². The number of aromatic nitrogens is 2. The van der Waals surface area contributed by atoms with Crippen molar-refractivity contribution in [3.05, 3.63) is 41.9 Å². The molecule has 0 aliphatic carbocycles. The number of benzene rings is 1. The minimum absolute atomic E-state index is 0.0310. The molecule has 1 aromatic carbocycles. The molecule has 0 fully saturated rings. The van der Waals surface area contributed by atoms with Crippen LogP contribution >= 0.6 is 0 Å². The van der Waals surface area contributed by atoms with Crippen LogP contribution < -0.4 is 0 Å². The molecule has 5 nitrogen and oxygen atoms in total. The summed E-state index contributed by atoms with van der Waals surface area (Å²) < 4.78 is 0. The fraction of sp³-hybridized carbons (Fsp3) is 0. The van der Waals surface area contributed by atoms with Crippen LogP contribution in [-0.2, 0) is 0 Å². The topological polar surface area (TPSA) is 86.2 Å². The first-order valence-electron chi connectivity index (χ1n) is 4.25. The minimum Gasteiger partial charge on any atom is -0.507 e. The number of ketones is 1. The average molecular weight is 204 g/mol. The van der Waals surface area contributed by atoms with Crippen LogP contribution in [0.25, 0.3) is 0 Å². The van der Waals surface area contributed by atoms with Gasteiger partial charge in [0.2, 0.25) is 11.7 Å².